The Morgan fingerprint density at radius 2 is 1.55 bits per heavy atom. The molecule has 0 amide bonds. The monoisotopic (exact) mass is 486 g/mol. The van der Waals surface area contributed by atoms with Gasteiger partial charge in [-0.3, -0.25) is 0 Å². The molecule has 1 aliphatic carbocycles. The fourth-order valence-electron chi connectivity index (χ4n) is 3.32. The SMILES string of the molecule is CC(C)(C)[N+](C)(C)[Si](=O)C1C(Cc2ccc(F)cc2)=Cc2ccccc21.[Cl-].[Cl-].[Ti]. The quantitative estimate of drug-likeness (QED) is 0.501. The molecule has 0 bridgehead atoms. The van der Waals surface area contributed by atoms with Gasteiger partial charge in [0, 0.05) is 21.7 Å². The Balaban J connectivity index is 0.00000261. The summed E-state index contributed by atoms with van der Waals surface area (Å²) in [6, 6.07) is 14.8. The van der Waals surface area contributed by atoms with Crippen LogP contribution in [0.15, 0.2) is 54.1 Å². The minimum absolute atomic E-state index is 0. The maximum Gasteiger partial charge on any atom is 0.565 e. The summed E-state index contributed by atoms with van der Waals surface area (Å²) in [5, 5.41) is 0. The summed E-state index contributed by atoms with van der Waals surface area (Å²) >= 11 is 0. The van der Waals surface area contributed by atoms with Crippen LogP contribution in [-0.4, -0.2) is 32.6 Å². The maximum absolute atomic E-state index is 13.8. The zero-order valence-corrected chi connectivity index (χ0v) is 21.5. The minimum Gasteiger partial charge on any atom is -1.00 e. The number of rotatable bonds is 4. The molecule has 0 aromatic heterocycles. The van der Waals surface area contributed by atoms with Crippen molar-refractivity contribution in [3.05, 3.63) is 76.6 Å². The average molecular weight is 487 g/mol. The van der Waals surface area contributed by atoms with Gasteiger partial charge in [-0.25, -0.2) is 4.39 Å². The van der Waals surface area contributed by atoms with Crippen molar-refractivity contribution in [1.82, 2.24) is 0 Å². The molecule has 0 aliphatic heterocycles. The van der Waals surface area contributed by atoms with E-state index in [9.17, 15) is 8.85 Å². The van der Waals surface area contributed by atoms with Crippen molar-refractivity contribution in [3.63, 3.8) is 0 Å². The number of hydrogen-bond donors (Lipinski definition) is 0. The fraction of sp³-hybridized carbons (Fsp3) is 0.364. The fourth-order valence-corrected chi connectivity index (χ4v) is 5.66. The van der Waals surface area contributed by atoms with E-state index in [2.05, 4.69) is 53.1 Å². The Bertz CT molecular complexity index is 879. The summed E-state index contributed by atoms with van der Waals surface area (Å²) in [7, 11) is 2.09. The standard InChI is InChI=1S/C22H27FNOSi.2ClH.Ti/c1-22(2,3)24(4,5)26(25)21-18(14-16-10-12-19(23)13-11-16)15-17-8-6-7-9-20(17)21;;;/h6-13,15,21H,14H2,1-5H3;2*1H;/q+1;;;/p-2. The third-order valence-electron chi connectivity index (χ3n) is 5.82. The van der Waals surface area contributed by atoms with Crippen molar-refractivity contribution in [3.8, 4) is 0 Å². The van der Waals surface area contributed by atoms with Gasteiger partial charge in [-0.05, 0) is 61.6 Å². The summed E-state index contributed by atoms with van der Waals surface area (Å²) in [5.41, 5.74) is 4.33. The van der Waals surface area contributed by atoms with E-state index in [4.69, 9.17) is 0 Å². The second-order valence-electron chi connectivity index (χ2n) is 8.55. The molecule has 1 aliphatic rings. The van der Waals surface area contributed by atoms with Gasteiger partial charge in [-0.15, -0.1) is 0 Å². The van der Waals surface area contributed by atoms with E-state index >= 15 is 0 Å². The van der Waals surface area contributed by atoms with Crippen LogP contribution in [-0.2, 0) is 32.6 Å². The van der Waals surface area contributed by atoms with E-state index in [1.807, 2.05) is 24.3 Å². The van der Waals surface area contributed by atoms with Gasteiger partial charge in [-0.2, -0.15) is 0 Å². The number of nitrogens with zero attached hydrogens (tertiary/aromatic N) is 1. The van der Waals surface area contributed by atoms with E-state index in [0.717, 1.165) is 22.3 Å². The van der Waals surface area contributed by atoms with Crippen molar-refractivity contribution in [2.45, 2.75) is 38.3 Å². The van der Waals surface area contributed by atoms with E-state index < -0.39 is 8.84 Å². The Morgan fingerprint density at radius 1 is 1.00 bits per heavy atom. The second kappa shape index (κ2) is 10.6. The first-order chi connectivity index (χ1) is 12.1. The molecule has 0 saturated carbocycles. The number of hydrogen-bond acceptors (Lipinski definition) is 1. The van der Waals surface area contributed by atoms with Gasteiger partial charge in [0.1, 0.15) is 11.4 Å². The Labute approximate surface area is 202 Å². The van der Waals surface area contributed by atoms with Crippen molar-refractivity contribution in [2.24, 2.45) is 0 Å². The first kappa shape index (κ1) is 28.4. The molecule has 0 N–H and O–H groups in total. The van der Waals surface area contributed by atoms with Gasteiger partial charge < -0.3 is 33.4 Å². The summed E-state index contributed by atoms with van der Waals surface area (Å²) in [5.74, 6) is -0.229. The van der Waals surface area contributed by atoms with Crippen LogP contribution in [0, 0.1) is 5.82 Å². The molecule has 7 heteroatoms. The first-order valence-corrected chi connectivity index (χ1v) is 10.5. The van der Waals surface area contributed by atoms with Crippen LogP contribution in [0.3, 0.4) is 0 Å². The molecule has 2 nitrogen and oxygen atoms in total. The van der Waals surface area contributed by atoms with Crippen molar-refractivity contribution >= 4 is 14.9 Å². The van der Waals surface area contributed by atoms with Crippen LogP contribution in [0.5, 0.6) is 0 Å². The number of fused-ring (bicyclic) bond motifs is 1. The predicted molar refractivity (Wildman–Crippen MR) is 106 cm³/mol. The van der Waals surface area contributed by atoms with Crippen LogP contribution in [0.2, 0.25) is 0 Å². The zero-order chi connectivity index (χ0) is 19.1. The van der Waals surface area contributed by atoms with Crippen LogP contribution < -0.4 is 24.8 Å². The Kier molecular flexibility index (Phi) is 10.4. The number of halogens is 3. The van der Waals surface area contributed by atoms with Crippen LogP contribution in [0.1, 0.15) is 43.0 Å². The smallest absolute Gasteiger partial charge is 0.565 e. The van der Waals surface area contributed by atoms with Crippen LogP contribution >= 0.6 is 0 Å². The third-order valence-corrected chi connectivity index (χ3v) is 8.76. The molecule has 0 heterocycles. The maximum atomic E-state index is 13.8. The average Bonchev–Trinajstić information content (AvgIpc) is 2.93. The number of allylic oxidation sites excluding steroid dienone is 1. The van der Waals surface area contributed by atoms with Crippen LogP contribution in [0.4, 0.5) is 4.39 Å². The van der Waals surface area contributed by atoms with Crippen molar-refractivity contribution in [1.29, 1.82) is 0 Å². The Hall–Kier alpha value is -0.619. The second-order valence-corrected chi connectivity index (χ2v) is 10.9. The van der Waals surface area contributed by atoms with E-state index in [-0.39, 0.29) is 63.4 Å². The van der Waals surface area contributed by atoms with Gasteiger partial charge in [0.2, 0.25) is 0 Å². The summed E-state index contributed by atoms with van der Waals surface area (Å²) < 4.78 is 27.5. The third kappa shape index (κ3) is 5.75. The zero-order valence-electron chi connectivity index (χ0n) is 17.5. The van der Waals surface area contributed by atoms with Gasteiger partial charge in [0.15, 0.2) is 0 Å². The molecule has 29 heavy (non-hydrogen) atoms. The number of quaternary nitrogens is 1. The molecule has 0 saturated heterocycles. The molecule has 1 atom stereocenters. The molecule has 1 unspecified atom stereocenters. The van der Waals surface area contributed by atoms with Crippen LogP contribution in [0.25, 0.3) is 6.08 Å². The topological polar surface area (TPSA) is 17.1 Å². The predicted octanol–water partition coefficient (Wildman–Crippen LogP) is -1.11. The van der Waals surface area contributed by atoms with E-state index in [1.165, 1.54) is 12.1 Å². The molecule has 2 aromatic rings. The minimum atomic E-state index is -2.04. The normalized spacial score (nSPS) is 15.2. The molecule has 0 fully saturated rings. The molecule has 3 rings (SSSR count). The van der Waals surface area contributed by atoms with Gasteiger partial charge in [0.05, 0.1) is 19.6 Å². The largest absolute Gasteiger partial charge is 1.00 e. The Morgan fingerprint density at radius 3 is 2.10 bits per heavy atom. The van der Waals surface area contributed by atoms with Crippen molar-refractivity contribution < 1.29 is 59.5 Å². The van der Waals surface area contributed by atoms with Crippen molar-refractivity contribution in [2.75, 3.05) is 14.1 Å². The molecule has 0 spiro atoms. The molecule has 0 radical (unpaired) electrons. The van der Waals surface area contributed by atoms with Gasteiger partial charge in [0.25, 0.3) is 0 Å². The van der Waals surface area contributed by atoms with Gasteiger partial charge in [-0.1, -0.05) is 42.5 Å². The molecule has 156 valence electrons. The summed E-state index contributed by atoms with van der Waals surface area (Å²) in [6.45, 7) is 6.42. The molecule has 2 aromatic carbocycles. The number of benzene rings is 2. The van der Waals surface area contributed by atoms with E-state index in [0.29, 0.717) is 10.6 Å². The summed E-state index contributed by atoms with van der Waals surface area (Å²) in [4.78, 5) is 0. The molecular formula is C22H27Cl2FNOSiTi-. The summed E-state index contributed by atoms with van der Waals surface area (Å²) in [6.07, 6.45) is 2.87. The first-order valence-electron chi connectivity index (χ1n) is 9.03. The van der Waals surface area contributed by atoms with E-state index in [1.54, 1.807) is 0 Å². The molecular weight excluding hydrogens is 460 g/mol. The van der Waals surface area contributed by atoms with Gasteiger partial charge >= 0.3 is 8.84 Å².